The Labute approximate surface area is 450 Å². The lowest BCUT2D eigenvalue weighted by molar-refractivity contribution is -0.138. The molecule has 0 N–H and O–H groups in total. The lowest BCUT2D eigenvalue weighted by atomic mass is 9.96. The van der Waals surface area contributed by atoms with Crippen molar-refractivity contribution in [2.24, 2.45) is 0 Å². The summed E-state index contributed by atoms with van der Waals surface area (Å²) in [5, 5.41) is 3.48. The summed E-state index contributed by atoms with van der Waals surface area (Å²) in [5.74, 6) is 1.21. The molecule has 0 atom stereocenters. The second kappa shape index (κ2) is 18.8. The van der Waals surface area contributed by atoms with Crippen molar-refractivity contribution in [2.45, 2.75) is 33.1 Å². The number of hydrogen-bond donors (Lipinski definition) is 0. The van der Waals surface area contributed by atoms with Crippen LogP contribution in [-0.2, 0) is 12.4 Å². The van der Waals surface area contributed by atoms with E-state index in [1.54, 1.807) is 13.0 Å². The molecule has 13 aromatic rings. The number of para-hydroxylation sites is 2. The van der Waals surface area contributed by atoms with Gasteiger partial charge in [-0.3, -0.25) is 0 Å². The summed E-state index contributed by atoms with van der Waals surface area (Å²) in [7, 11) is 0. The second-order valence-corrected chi connectivity index (χ2v) is 20.0. The lowest BCUT2D eigenvalue weighted by Crippen LogP contribution is -2.08. The third-order valence-electron chi connectivity index (χ3n) is 15.0. The molecule has 0 fully saturated rings. The monoisotopic (exact) mass is 1050 g/mol. The van der Waals surface area contributed by atoms with E-state index in [1.807, 2.05) is 152 Å². The molecule has 0 unspecified atom stereocenters. The molecular formula is C68H45F6N5. The largest absolute Gasteiger partial charge is 0.416 e. The van der Waals surface area contributed by atoms with Gasteiger partial charge in [0.05, 0.1) is 44.6 Å². The lowest BCUT2D eigenvalue weighted by Gasteiger charge is -2.21. The maximum absolute atomic E-state index is 15.4. The summed E-state index contributed by atoms with van der Waals surface area (Å²) in [6, 6.07) is 66.6. The highest BCUT2D eigenvalue weighted by Crippen LogP contribution is 2.46. The van der Waals surface area contributed by atoms with Gasteiger partial charge in [0.25, 0.3) is 0 Å². The fraction of sp³-hybridized carbons (Fsp3) is 0.0735. The quantitative estimate of drug-likeness (QED) is 0.143. The van der Waals surface area contributed by atoms with E-state index in [-0.39, 0.29) is 0 Å². The van der Waals surface area contributed by atoms with Crippen LogP contribution in [0.25, 0.3) is 123 Å². The molecule has 0 saturated carbocycles. The molecule has 0 aliphatic heterocycles. The van der Waals surface area contributed by atoms with Crippen molar-refractivity contribution in [2.75, 3.05) is 0 Å². The molecule has 0 spiro atoms. The topological polar surface area (TPSA) is 48.5 Å². The van der Waals surface area contributed by atoms with E-state index in [4.69, 9.17) is 15.0 Å². The van der Waals surface area contributed by atoms with Gasteiger partial charge in [-0.05, 0) is 127 Å². The van der Waals surface area contributed by atoms with E-state index in [0.717, 1.165) is 89.7 Å². The Morgan fingerprint density at radius 2 is 0.734 bits per heavy atom. The Morgan fingerprint density at radius 3 is 1.27 bits per heavy atom. The van der Waals surface area contributed by atoms with Gasteiger partial charge in [-0.15, -0.1) is 0 Å². The fourth-order valence-corrected chi connectivity index (χ4v) is 11.2. The van der Waals surface area contributed by atoms with Gasteiger partial charge in [-0.1, -0.05) is 151 Å². The predicted molar refractivity (Wildman–Crippen MR) is 305 cm³/mol. The number of benzene rings is 10. The van der Waals surface area contributed by atoms with Gasteiger partial charge in [0.15, 0.2) is 17.5 Å². The summed E-state index contributed by atoms with van der Waals surface area (Å²) in [6.07, 6.45) is -9.22. The van der Waals surface area contributed by atoms with Gasteiger partial charge in [0.1, 0.15) is 0 Å². The molecule has 3 aromatic heterocycles. The normalized spacial score (nSPS) is 12.1. The van der Waals surface area contributed by atoms with Gasteiger partial charge in [-0.2, -0.15) is 26.3 Å². The molecule has 79 heavy (non-hydrogen) atoms. The number of rotatable bonds is 8. The van der Waals surface area contributed by atoms with Crippen LogP contribution in [0, 0.1) is 20.8 Å². The third-order valence-corrected chi connectivity index (χ3v) is 15.0. The molecule has 5 nitrogen and oxygen atoms in total. The minimum atomic E-state index is -4.71. The highest BCUT2D eigenvalue weighted by molar-refractivity contribution is 6.13. The van der Waals surface area contributed by atoms with Crippen LogP contribution in [0.3, 0.4) is 0 Å². The minimum Gasteiger partial charge on any atom is -0.309 e. The van der Waals surface area contributed by atoms with Crippen LogP contribution in [0.2, 0.25) is 0 Å². The Kier molecular flexibility index (Phi) is 11.7. The minimum absolute atomic E-state index is 0.311. The van der Waals surface area contributed by atoms with Gasteiger partial charge in [-0.25, -0.2) is 15.0 Å². The summed E-state index contributed by atoms with van der Waals surface area (Å²) >= 11 is 0. The summed E-state index contributed by atoms with van der Waals surface area (Å²) in [6.45, 7) is 5.82. The van der Waals surface area contributed by atoms with E-state index in [1.165, 1.54) is 12.1 Å². The molecule has 384 valence electrons. The van der Waals surface area contributed by atoms with Gasteiger partial charge in [0, 0.05) is 49.4 Å². The Hall–Kier alpha value is -9.61. The molecule has 0 aliphatic carbocycles. The predicted octanol–water partition coefficient (Wildman–Crippen LogP) is 19.0. The highest BCUT2D eigenvalue weighted by atomic mass is 19.4. The van der Waals surface area contributed by atoms with Crippen molar-refractivity contribution in [3.8, 4) is 78.9 Å². The average molecular weight is 1050 g/mol. The van der Waals surface area contributed by atoms with Crippen molar-refractivity contribution in [3.63, 3.8) is 0 Å². The molecule has 3 heterocycles. The van der Waals surface area contributed by atoms with E-state index in [2.05, 4.69) is 53.3 Å². The number of aromatic nitrogens is 5. The molecule has 0 saturated heterocycles. The number of nitrogens with zero attached hydrogens (tertiary/aromatic N) is 5. The number of alkyl halides is 6. The van der Waals surface area contributed by atoms with Crippen LogP contribution in [0.15, 0.2) is 218 Å². The van der Waals surface area contributed by atoms with E-state index >= 15 is 13.2 Å². The molecule has 11 heteroatoms. The molecule has 0 bridgehead atoms. The molecule has 10 aromatic carbocycles. The van der Waals surface area contributed by atoms with Crippen molar-refractivity contribution in [1.29, 1.82) is 0 Å². The summed E-state index contributed by atoms with van der Waals surface area (Å²) < 4.78 is 91.8. The van der Waals surface area contributed by atoms with Crippen LogP contribution in [-0.4, -0.2) is 24.1 Å². The Morgan fingerprint density at radius 1 is 0.304 bits per heavy atom. The number of aryl methyl sites for hydroxylation is 3. The molecule has 0 radical (unpaired) electrons. The number of hydrogen-bond acceptors (Lipinski definition) is 3. The maximum Gasteiger partial charge on any atom is 0.416 e. The van der Waals surface area contributed by atoms with E-state index in [9.17, 15) is 13.2 Å². The van der Waals surface area contributed by atoms with Crippen LogP contribution in [0.4, 0.5) is 26.3 Å². The summed E-state index contributed by atoms with van der Waals surface area (Å²) in [4.78, 5) is 15.1. The average Bonchev–Trinajstić information content (AvgIpc) is 4.17. The van der Waals surface area contributed by atoms with Crippen LogP contribution < -0.4 is 0 Å². The smallest absolute Gasteiger partial charge is 0.309 e. The number of fused-ring (bicyclic) bond motifs is 6. The SMILES string of the molecule is Cc1ccc(-c2ccc3c(c2)c2ccccc2n3-c2ccc(C(F)(F)F)cc2-c2ccc(-c3nc(-c4ccccc4)nc(-c4ccccc4)n3)cc2-n2c3ccccc3c3cc(-c4ccc(C(F)(F)F)cc4C)ccc32)c(C)c1. The number of halogens is 6. The zero-order valence-electron chi connectivity index (χ0n) is 42.8. The zero-order valence-corrected chi connectivity index (χ0v) is 42.8. The molecule has 0 amide bonds. The first-order chi connectivity index (χ1) is 38.2. The first-order valence-electron chi connectivity index (χ1n) is 25.7. The molecule has 0 aliphatic rings. The second-order valence-electron chi connectivity index (χ2n) is 20.0. The Bertz CT molecular complexity index is 4500. The first kappa shape index (κ1) is 49.0. The van der Waals surface area contributed by atoms with E-state index < -0.39 is 23.5 Å². The molecule has 13 rings (SSSR count). The van der Waals surface area contributed by atoms with Crippen LogP contribution >= 0.6 is 0 Å². The van der Waals surface area contributed by atoms with Crippen molar-refractivity contribution in [1.82, 2.24) is 24.1 Å². The zero-order chi connectivity index (χ0) is 54.3. The standard InChI is InChI=1S/C68H45F6N5/c1-40-22-28-50(41(2)34-40)45-24-31-60-55(36-45)52-18-10-12-20-58(52)78(60)62-33-27-49(68(72,73)74)39-57(62)54-29-23-47(66-76-64(43-14-6-4-7-15-43)75-65(77-66)44-16-8-5-9-17-44)38-63(54)79-59-21-13-11-19-53(59)56-37-46(25-32-61(56)79)51-30-26-48(35-42(51)3)67(69,70)71/h4-39H,1-3H3. The van der Waals surface area contributed by atoms with Crippen LogP contribution in [0.5, 0.6) is 0 Å². The van der Waals surface area contributed by atoms with Crippen molar-refractivity contribution >= 4 is 43.6 Å². The van der Waals surface area contributed by atoms with Crippen molar-refractivity contribution < 1.29 is 26.3 Å². The summed E-state index contributed by atoms with van der Waals surface area (Å²) in [5.41, 5.74) is 11.6. The van der Waals surface area contributed by atoms with Crippen molar-refractivity contribution in [3.05, 3.63) is 246 Å². The Balaban J connectivity index is 1.10. The van der Waals surface area contributed by atoms with Gasteiger partial charge >= 0.3 is 12.4 Å². The van der Waals surface area contributed by atoms with Gasteiger partial charge in [0.2, 0.25) is 0 Å². The maximum atomic E-state index is 15.4. The first-order valence-corrected chi connectivity index (χ1v) is 25.7. The highest BCUT2D eigenvalue weighted by Gasteiger charge is 2.33. The van der Waals surface area contributed by atoms with Gasteiger partial charge < -0.3 is 9.13 Å². The van der Waals surface area contributed by atoms with E-state index in [0.29, 0.717) is 67.7 Å². The third kappa shape index (κ3) is 8.68. The molecular weight excluding hydrogens is 1000 g/mol. The fourth-order valence-electron chi connectivity index (χ4n) is 11.2. The van der Waals surface area contributed by atoms with Crippen LogP contribution in [0.1, 0.15) is 27.8 Å².